The fourth-order valence-corrected chi connectivity index (χ4v) is 0.844. The first-order chi connectivity index (χ1) is 4.45. The monoisotopic (exact) mass is 176 g/mol. The Morgan fingerprint density at radius 2 is 1.90 bits per heavy atom. The summed E-state index contributed by atoms with van der Waals surface area (Å²) in [6, 6.07) is 0. The van der Waals surface area contributed by atoms with Crippen LogP contribution in [0.2, 0.25) is 0 Å². The van der Waals surface area contributed by atoms with E-state index in [2.05, 4.69) is 0 Å². The van der Waals surface area contributed by atoms with Gasteiger partial charge >= 0.3 is 6.18 Å². The fraction of sp³-hybridized carbons (Fsp3) is 1.00. The van der Waals surface area contributed by atoms with Gasteiger partial charge in [0, 0.05) is 5.25 Å². The van der Waals surface area contributed by atoms with Gasteiger partial charge in [-0.1, -0.05) is 6.92 Å². The summed E-state index contributed by atoms with van der Waals surface area (Å²) in [6.45, 7) is 0.719. The van der Waals surface area contributed by atoms with Gasteiger partial charge in [-0.25, -0.2) is 4.39 Å². The molecule has 0 spiro atoms. The van der Waals surface area contributed by atoms with E-state index in [1.807, 2.05) is 0 Å². The summed E-state index contributed by atoms with van der Waals surface area (Å²) in [6.07, 6.45) is -4.17. The van der Waals surface area contributed by atoms with Crippen molar-refractivity contribution in [2.75, 3.05) is 12.4 Å². The van der Waals surface area contributed by atoms with Crippen molar-refractivity contribution < 1.29 is 17.6 Å². The summed E-state index contributed by atoms with van der Waals surface area (Å²) in [5.41, 5.74) is 0. The van der Waals surface area contributed by atoms with Crippen LogP contribution in [-0.2, 0) is 0 Å². The van der Waals surface area contributed by atoms with Crippen LogP contribution in [0.25, 0.3) is 0 Å². The summed E-state index contributed by atoms with van der Waals surface area (Å²) >= 11 is 0.583. The van der Waals surface area contributed by atoms with Gasteiger partial charge in [0.15, 0.2) is 0 Å². The molecule has 0 aromatic carbocycles. The highest BCUT2D eigenvalue weighted by atomic mass is 32.2. The average molecular weight is 176 g/mol. The third-order valence-electron chi connectivity index (χ3n) is 0.749. The molecule has 0 aliphatic carbocycles. The van der Waals surface area contributed by atoms with Gasteiger partial charge in [-0.15, -0.1) is 11.8 Å². The normalized spacial score (nSPS) is 15.3. The van der Waals surface area contributed by atoms with Crippen molar-refractivity contribution in [3.63, 3.8) is 0 Å². The quantitative estimate of drug-likeness (QED) is 0.595. The predicted molar refractivity (Wildman–Crippen MR) is 33.9 cm³/mol. The molecular formula is C5H8F4S. The first-order valence-corrected chi connectivity index (χ1v) is 3.75. The maximum Gasteiger partial charge on any atom is 0.397 e. The summed E-state index contributed by atoms with van der Waals surface area (Å²) in [7, 11) is 0. The Morgan fingerprint density at radius 1 is 1.40 bits per heavy atom. The van der Waals surface area contributed by atoms with E-state index in [4.69, 9.17) is 0 Å². The van der Waals surface area contributed by atoms with Crippen molar-refractivity contribution in [2.45, 2.75) is 18.3 Å². The van der Waals surface area contributed by atoms with Crippen molar-refractivity contribution in [1.82, 2.24) is 0 Å². The third-order valence-corrected chi connectivity index (χ3v) is 1.94. The molecule has 0 aliphatic heterocycles. The SMILES string of the molecule is CC(CF)SCC(F)(F)F. The molecule has 0 amide bonds. The van der Waals surface area contributed by atoms with E-state index in [-0.39, 0.29) is 0 Å². The molecule has 62 valence electrons. The summed E-state index contributed by atoms with van der Waals surface area (Å²) in [4.78, 5) is 0. The highest BCUT2D eigenvalue weighted by Gasteiger charge is 2.27. The van der Waals surface area contributed by atoms with Crippen LogP contribution in [0.3, 0.4) is 0 Å². The second kappa shape index (κ2) is 4.05. The van der Waals surface area contributed by atoms with Crippen molar-refractivity contribution >= 4 is 11.8 Å². The van der Waals surface area contributed by atoms with Crippen molar-refractivity contribution in [3.8, 4) is 0 Å². The first kappa shape index (κ1) is 10.1. The second-order valence-corrected chi connectivity index (χ2v) is 3.32. The Balaban J connectivity index is 3.36. The molecule has 5 heteroatoms. The maximum atomic E-state index is 11.6. The average Bonchev–Trinajstić information content (AvgIpc) is 1.81. The van der Waals surface area contributed by atoms with Gasteiger partial charge < -0.3 is 0 Å². The smallest absolute Gasteiger partial charge is 0.250 e. The summed E-state index contributed by atoms with van der Waals surface area (Å²) in [5, 5.41) is -0.554. The van der Waals surface area contributed by atoms with E-state index in [0.29, 0.717) is 11.8 Å². The number of alkyl halides is 4. The summed E-state index contributed by atoms with van der Waals surface area (Å²) in [5.74, 6) is -0.960. The molecule has 0 heterocycles. The summed E-state index contributed by atoms with van der Waals surface area (Å²) < 4.78 is 45.8. The molecule has 0 bridgehead atoms. The molecule has 0 aromatic rings. The molecule has 0 N–H and O–H groups in total. The van der Waals surface area contributed by atoms with Crippen molar-refractivity contribution in [2.24, 2.45) is 0 Å². The minimum Gasteiger partial charge on any atom is -0.250 e. The molecule has 0 rings (SSSR count). The van der Waals surface area contributed by atoms with Crippen LogP contribution in [0.15, 0.2) is 0 Å². The number of halogens is 4. The van der Waals surface area contributed by atoms with Crippen molar-refractivity contribution in [3.05, 3.63) is 0 Å². The fourth-order valence-electron chi connectivity index (χ4n) is 0.281. The van der Waals surface area contributed by atoms with Crippen LogP contribution >= 0.6 is 11.8 Å². The highest BCUT2D eigenvalue weighted by molar-refractivity contribution is 7.99. The minimum atomic E-state index is -4.17. The van der Waals surface area contributed by atoms with E-state index in [0.717, 1.165) is 0 Å². The lowest BCUT2D eigenvalue weighted by Gasteiger charge is -2.08. The molecule has 1 atom stereocenters. The van der Waals surface area contributed by atoms with Gasteiger partial charge in [0.2, 0.25) is 0 Å². The second-order valence-electron chi connectivity index (χ2n) is 1.89. The molecule has 0 fully saturated rings. The van der Waals surface area contributed by atoms with E-state index >= 15 is 0 Å². The number of hydrogen-bond donors (Lipinski definition) is 0. The highest BCUT2D eigenvalue weighted by Crippen LogP contribution is 2.23. The lowest BCUT2D eigenvalue weighted by atomic mass is 10.5. The number of thioether (sulfide) groups is 1. The van der Waals surface area contributed by atoms with Gasteiger partial charge in [0.25, 0.3) is 0 Å². The van der Waals surface area contributed by atoms with Gasteiger partial charge in [-0.2, -0.15) is 13.2 Å². The molecule has 0 radical (unpaired) electrons. The van der Waals surface area contributed by atoms with Crippen LogP contribution in [0.1, 0.15) is 6.92 Å². The Morgan fingerprint density at radius 3 is 2.20 bits per heavy atom. The van der Waals surface area contributed by atoms with E-state index in [1.54, 1.807) is 0 Å². The van der Waals surface area contributed by atoms with Crippen LogP contribution in [0.5, 0.6) is 0 Å². The Hall–Kier alpha value is 0.0700. The Kier molecular flexibility index (Phi) is 4.08. The lowest BCUT2D eigenvalue weighted by molar-refractivity contribution is -0.105. The Bertz CT molecular complexity index is 90.1. The molecule has 0 aromatic heterocycles. The molecular weight excluding hydrogens is 168 g/mol. The largest absolute Gasteiger partial charge is 0.397 e. The van der Waals surface area contributed by atoms with Crippen LogP contribution in [0.4, 0.5) is 17.6 Å². The molecule has 10 heavy (non-hydrogen) atoms. The third kappa shape index (κ3) is 6.19. The number of rotatable bonds is 3. The van der Waals surface area contributed by atoms with E-state index in [1.165, 1.54) is 6.92 Å². The number of hydrogen-bond acceptors (Lipinski definition) is 1. The lowest BCUT2D eigenvalue weighted by Crippen LogP contribution is -2.14. The minimum absolute atomic E-state index is 0.554. The molecule has 0 saturated heterocycles. The van der Waals surface area contributed by atoms with Gasteiger partial charge in [0.1, 0.15) is 6.67 Å². The van der Waals surface area contributed by atoms with Gasteiger partial charge in [-0.05, 0) is 0 Å². The molecule has 0 aliphatic rings. The van der Waals surface area contributed by atoms with E-state index < -0.39 is 23.9 Å². The van der Waals surface area contributed by atoms with Crippen LogP contribution < -0.4 is 0 Å². The molecule has 1 unspecified atom stereocenters. The Labute approximate surface area is 61.0 Å². The molecule has 0 nitrogen and oxygen atoms in total. The van der Waals surface area contributed by atoms with Gasteiger partial charge in [0.05, 0.1) is 5.75 Å². The standard InChI is InChI=1S/C5H8F4S/c1-4(2-6)10-3-5(7,8)9/h4H,2-3H2,1H3. The zero-order valence-electron chi connectivity index (χ0n) is 5.41. The van der Waals surface area contributed by atoms with Crippen LogP contribution in [0, 0.1) is 0 Å². The first-order valence-electron chi connectivity index (χ1n) is 2.70. The van der Waals surface area contributed by atoms with Crippen molar-refractivity contribution in [1.29, 1.82) is 0 Å². The predicted octanol–water partition coefficient (Wildman–Crippen LogP) is 2.64. The zero-order chi connectivity index (χ0) is 8.20. The van der Waals surface area contributed by atoms with Crippen LogP contribution in [-0.4, -0.2) is 23.9 Å². The van der Waals surface area contributed by atoms with Gasteiger partial charge in [-0.3, -0.25) is 0 Å². The molecule has 0 saturated carbocycles. The maximum absolute atomic E-state index is 11.6. The topological polar surface area (TPSA) is 0 Å². The van der Waals surface area contributed by atoms with E-state index in [9.17, 15) is 17.6 Å². The zero-order valence-corrected chi connectivity index (χ0v) is 6.23.